The van der Waals surface area contributed by atoms with Crippen molar-refractivity contribution in [3.8, 4) is 0 Å². The number of H-pyrrole nitrogens is 1. The zero-order valence-corrected chi connectivity index (χ0v) is 19.2. The Kier molecular flexibility index (Phi) is 5.60. The summed E-state index contributed by atoms with van der Waals surface area (Å²) in [5, 5.41) is 12.1. The molecule has 7 nitrogen and oxygen atoms in total. The van der Waals surface area contributed by atoms with Crippen LogP contribution >= 0.6 is 11.6 Å². The van der Waals surface area contributed by atoms with Gasteiger partial charge < -0.3 is 10.2 Å². The van der Waals surface area contributed by atoms with E-state index in [1.54, 1.807) is 0 Å². The van der Waals surface area contributed by atoms with Gasteiger partial charge in [-0.05, 0) is 87.7 Å². The fourth-order valence-corrected chi connectivity index (χ4v) is 6.67. The van der Waals surface area contributed by atoms with Crippen LogP contribution in [0.4, 0.5) is 11.6 Å². The number of hydrogen-bond donors (Lipinski definition) is 2. The zero-order valence-electron chi connectivity index (χ0n) is 17.6. The molecular weight excluding hydrogens is 420 g/mol. The van der Waals surface area contributed by atoms with Crippen molar-refractivity contribution in [1.29, 1.82) is 0 Å². The quantitative estimate of drug-likeness (QED) is 0.734. The molecule has 9 heteroatoms. The lowest BCUT2D eigenvalue weighted by Gasteiger charge is -2.33. The number of nitrogens with one attached hydrogen (secondary N) is 2. The molecule has 5 rings (SSSR count). The van der Waals surface area contributed by atoms with Crippen LogP contribution in [0.1, 0.15) is 47.9 Å². The second-order valence-corrected chi connectivity index (χ2v) is 10.6. The number of fused-ring (bicyclic) bond motifs is 2. The first kappa shape index (κ1) is 20.4. The van der Waals surface area contributed by atoms with Crippen molar-refractivity contribution >= 4 is 34.2 Å². The molecule has 1 aliphatic heterocycles. The number of piperidine rings is 1. The number of rotatable bonds is 5. The van der Waals surface area contributed by atoms with Gasteiger partial charge in [0.15, 0.2) is 11.0 Å². The normalized spacial score (nSPS) is 20.5. The smallest absolute Gasteiger partial charge is 0.247 e. The predicted octanol–water partition coefficient (Wildman–Crippen LogP) is 3.23. The maximum Gasteiger partial charge on any atom is 0.247 e. The molecule has 1 atom stereocenters. The van der Waals surface area contributed by atoms with Crippen molar-refractivity contribution in [2.45, 2.75) is 62.6 Å². The number of anilines is 2. The molecule has 3 aliphatic rings. The molecule has 2 N–H and O–H groups in total. The van der Waals surface area contributed by atoms with Gasteiger partial charge in [-0.3, -0.25) is 0 Å². The topological polar surface area (TPSA) is 77.2 Å². The van der Waals surface area contributed by atoms with Gasteiger partial charge in [0.2, 0.25) is 11.1 Å². The lowest BCUT2D eigenvalue weighted by molar-refractivity contribution is 0.200. The van der Waals surface area contributed by atoms with Crippen molar-refractivity contribution in [3.05, 3.63) is 27.3 Å². The highest BCUT2D eigenvalue weighted by molar-refractivity contribution is 7.82. The molecule has 1 aromatic heterocycles. The molecule has 0 radical (unpaired) electrons. The van der Waals surface area contributed by atoms with Gasteiger partial charge >= 0.3 is 0 Å². The summed E-state index contributed by atoms with van der Waals surface area (Å²) in [6.07, 6.45) is 8.47. The van der Waals surface area contributed by atoms with Crippen LogP contribution in [0.5, 0.6) is 0 Å². The van der Waals surface area contributed by atoms with E-state index in [-0.39, 0.29) is 0 Å². The summed E-state index contributed by atoms with van der Waals surface area (Å²) in [5.41, 5.74) is 6.37. The molecule has 0 saturated carbocycles. The number of aromatic nitrogens is 3. The van der Waals surface area contributed by atoms with Crippen molar-refractivity contribution in [2.24, 2.45) is 0 Å². The molecule has 0 bridgehead atoms. The lowest BCUT2D eigenvalue weighted by atomic mass is 9.98. The van der Waals surface area contributed by atoms with E-state index in [0.29, 0.717) is 17.1 Å². The number of benzene rings is 1. The second-order valence-electron chi connectivity index (χ2n) is 8.77. The van der Waals surface area contributed by atoms with Gasteiger partial charge in [0.25, 0.3) is 0 Å². The van der Waals surface area contributed by atoms with Crippen LogP contribution in [0.25, 0.3) is 0 Å². The molecule has 2 heterocycles. The first-order valence-corrected chi connectivity index (χ1v) is 12.4. The third kappa shape index (κ3) is 3.57. The minimum Gasteiger partial charge on any atom is -0.322 e. The molecule has 0 spiro atoms. The maximum absolute atomic E-state index is 13.0. The molecule has 1 unspecified atom stereocenters. The fourth-order valence-electron chi connectivity index (χ4n) is 5.18. The van der Waals surface area contributed by atoms with E-state index in [2.05, 4.69) is 39.5 Å². The highest BCUT2D eigenvalue weighted by Gasteiger charge is 2.29. The van der Waals surface area contributed by atoms with Crippen molar-refractivity contribution < 1.29 is 4.21 Å². The number of halogens is 1. The van der Waals surface area contributed by atoms with Gasteiger partial charge in [-0.25, -0.2) is 13.6 Å². The Labute approximate surface area is 185 Å². The summed E-state index contributed by atoms with van der Waals surface area (Å²) in [7, 11) is 2.90. The van der Waals surface area contributed by atoms with Crippen LogP contribution in [-0.2, 0) is 36.7 Å². The first-order chi connectivity index (χ1) is 14.5. The van der Waals surface area contributed by atoms with Crippen LogP contribution in [-0.4, -0.2) is 61.8 Å². The summed E-state index contributed by atoms with van der Waals surface area (Å²) in [6.45, 7) is 1.61. The molecule has 162 valence electrons. The van der Waals surface area contributed by atoms with Crippen LogP contribution < -0.4 is 5.32 Å². The molecule has 1 saturated heterocycles. The molecule has 0 amide bonds. The van der Waals surface area contributed by atoms with Crippen molar-refractivity contribution in [3.63, 3.8) is 0 Å². The second kappa shape index (κ2) is 8.22. The van der Waals surface area contributed by atoms with Crippen LogP contribution in [0.3, 0.4) is 0 Å². The average molecular weight is 449 g/mol. The predicted molar refractivity (Wildman–Crippen MR) is 120 cm³/mol. The SMILES string of the molecule is CN(C)C1CCN(S(=O)c2nc(Nc3c4c(c(Cl)c5c3CCC5)CCC4)n[nH]2)CC1. The Morgan fingerprint density at radius 1 is 1.07 bits per heavy atom. The van der Waals surface area contributed by atoms with Gasteiger partial charge in [-0.1, -0.05) is 11.6 Å². The van der Waals surface area contributed by atoms with Crippen LogP contribution in [0.15, 0.2) is 5.16 Å². The van der Waals surface area contributed by atoms with E-state index in [1.165, 1.54) is 22.3 Å². The largest absolute Gasteiger partial charge is 0.322 e. The summed E-state index contributed by atoms with van der Waals surface area (Å²) in [5.74, 6) is 0.493. The van der Waals surface area contributed by atoms with E-state index in [1.807, 2.05) is 4.31 Å². The van der Waals surface area contributed by atoms with Crippen LogP contribution in [0, 0.1) is 0 Å². The van der Waals surface area contributed by atoms with E-state index >= 15 is 0 Å². The van der Waals surface area contributed by atoms with Gasteiger partial charge in [0, 0.05) is 29.8 Å². The van der Waals surface area contributed by atoms with Gasteiger partial charge in [-0.15, -0.1) is 5.10 Å². The van der Waals surface area contributed by atoms with E-state index in [9.17, 15) is 4.21 Å². The highest BCUT2D eigenvalue weighted by Crippen LogP contribution is 2.44. The van der Waals surface area contributed by atoms with E-state index < -0.39 is 11.0 Å². The number of hydrogen-bond acceptors (Lipinski definition) is 5. The summed E-state index contributed by atoms with van der Waals surface area (Å²) < 4.78 is 15.0. The standard InChI is InChI=1S/C21H29ClN6OS/c1-27(2)13-9-11-28(12-10-13)30(29)21-24-20(25-26-21)23-19-16-7-3-5-14(16)18(22)15-6-4-8-17(15)19/h13H,3-12H2,1-2H3,(H2,23,24,25,26). The Morgan fingerprint density at radius 3 is 2.27 bits per heavy atom. The third-order valence-corrected chi connectivity index (χ3v) is 8.63. The highest BCUT2D eigenvalue weighted by atomic mass is 35.5. The summed E-state index contributed by atoms with van der Waals surface area (Å²) >= 11 is 6.72. The molecule has 2 aromatic rings. The zero-order chi connectivity index (χ0) is 20.8. The molecule has 2 aliphatic carbocycles. The third-order valence-electron chi connectivity index (χ3n) is 6.82. The Bertz CT molecular complexity index is 947. The Hall–Kier alpha value is -1.48. The fraction of sp³-hybridized carbons (Fsp3) is 0.619. The first-order valence-electron chi connectivity index (χ1n) is 10.9. The number of aromatic amines is 1. The lowest BCUT2D eigenvalue weighted by Crippen LogP contribution is -2.42. The Balaban J connectivity index is 1.35. The molecule has 30 heavy (non-hydrogen) atoms. The Morgan fingerprint density at radius 2 is 1.67 bits per heavy atom. The summed E-state index contributed by atoms with van der Waals surface area (Å²) in [6, 6.07) is 0.555. The maximum atomic E-state index is 13.0. The summed E-state index contributed by atoms with van der Waals surface area (Å²) in [4.78, 5) is 6.79. The molecular formula is C21H29ClN6OS. The minimum absolute atomic E-state index is 0.419. The monoisotopic (exact) mass is 448 g/mol. The van der Waals surface area contributed by atoms with Crippen molar-refractivity contribution in [2.75, 3.05) is 32.5 Å². The number of nitrogens with zero attached hydrogens (tertiary/aromatic N) is 4. The minimum atomic E-state index is -1.31. The van der Waals surface area contributed by atoms with Gasteiger partial charge in [0.05, 0.1) is 0 Å². The van der Waals surface area contributed by atoms with Crippen molar-refractivity contribution in [1.82, 2.24) is 24.4 Å². The molecule has 1 aromatic carbocycles. The van der Waals surface area contributed by atoms with Crippen LogP contribution in [0.2, 0.25) is 5.02 Å². The van der Waals surface area contributed by atoms with E-state index in [4.69, 9.17) is 11.6 Å². The van der Waals surface area contributed by atoms with E-state index in [0.717, 1.165) is 75.2 Å². The average Bonchev–Trinajstić information content (AvgIpc) is 3.51. The molecule has 1 fully saturated rings. The van der Waals surface area contributed by atoms with Gasteiger partial charge in [0.1, 0.15) is 0 Å². The van der Waals surface area contributed by atoms with Gasteiger partial charge in [-0.2, -0.15) is 4.98 Å².